The number of fused-ring (bicyclic) bond motifs is 1. The van der Waals surface area contributed by atoms with E-state index in [1.165, 1.54) is 11.3 Å². The third-order valence-corrected chi connectivity index (χ3v) is 4.86. The van der Waals surface area contributed by atoms with Crippen molar-refractivity contribution in [2.24, 2.45) is 0 Å². The molecule has 7 nitrogen and oxygen atoms in total. The average Bonchev–Trinajstić information content (AvgIpc) is 3.14. The SMILES string of the molecule is Cc1nnc2sc(CCC(=O)NCC3(O)CCCC3)nn12. The van der Waals surface area contributed by atoms with Gasteiger partial charge in [0.25, 0.3) is 0 Å². The summed E-state index contributed by atoms with van der Waals surface area (Å²) in [7, 11) is 0. The van der Waals surface area contributed by atoms with Crippen molar-refractivity contribution in [2.75, 3.05) is 6.54 Å². The van der Waals surface area contributed by atoms with Gasteiger partial charge >= 0.3 is 0 Å². The number of carbonyl (C=O) groups excluding carboxylic acids is 1. The second-order valence-electron chi connectivity index (χ2n) is 5.65. The van der Waals surface area contributed by atoms with Gasteiger partial charge in [-0.2, -0.15) is 9.61 Å². The molecule has 1 aliphatic rings. The van der Waals surface area contributed by atoms with Gasteiger partial charge in [0.1, 0.15) is 5.01 Å². The molecule has 8 heteroatoms. The molecule has 1 fully saturated rings. The molecule has 1 aliphatic carbocycles. The summed E-state index contributed by atoms with van der Waals surface area (Å²) in [5.41, 5.74) is -0.694. The third kappa shape index (κ3) is 3.21. The Hall–Kier alpha value is -1.54. The molecule has 0 unspecified atom stereocenters. The maximum Gasteiger partial charge on any atom is 0.234 e. The number of aryl methyl sites for hydroxylation is 2. The zero-order chi connectivity index (χ0) is 14.9. The number of aliphatic hydroxyl groups is 1. The van der Waals surface area contributed by atoms with Crippen molar-refractivity contribution in [3.8, 4) is 0 Å². The smallest absolute Gasteiger partial charge is 0.234 e. The van der Waals surface area contributed by atoms with Crippen LogP contribution in [0, 0.1) is 6.92 Å². The molecule has 2 aromatic rings. The molecule has 2 aromatic heterocycles. The number of nitrogens with one attached hydrogen (secondary N) is 1. The van der Waals surface area contributed by atoms with Gasteiger partial charge in [-0.1, -0.05) is 24.2 Å². The second-order valence-corrected chi connectivity index (χ2v) is 6.69. The first-order valence-corrected chi connectivity index (χ1v) is 8.04. The van der Waals surface area contributed by atoms with Crippen molar-refractivity contribution in [1.82, 2.24) is 25.1 Å². The number of rotatable bonds is 5. The second kappa shape index (κ2) is 5.69. The summed E-state index contributed by atoms with van der Waals surface area (Å²) >= 11 is 1.45. The molecule has 1 saturated carbocycles. The van der Waals surface area contributed by atoms with E-state index in [1.54, 1.807) is 4.52 Å². The third-order valence-electron chi connectivity index (χ3n) is 3.90. The number of carbonyl (C=O) groups is 1. The van der Waals surface area contributed by atoms with E-state index in [2.05, 4.69) is 20.6 Å². The van der Waals surface area contributed by atoms with Gasteiger partial charge in [0.15, 0.2) is 5.82 Å². The Morgan fingerprint density at radius 2 is 2.19 bits per heavy atom. The van der Waals surface area contributed by atoms with Gasteiger partial charge in [0, 0.05) is 19.4 Å². The molecule has 114 valence electrons. The van der Waals surface area contributed by atoms with Crippen LogP contribution in [0.1, 0.15) is 42.9 Å². The molecule has 0 bridgehead atoms. The van der Waals surface area contributed by atoms with Gasteiger partial charge in [-0.25, -0.2) is 0 Å². The van der Waals surface area contributed by atoms with Crippen molar-refractivity contribution >= 4 is 22.2 Å². The van der Waals surface area contributed by atoms with Crippen molar-refractivity contribution in [2.45, 2.75) is 51.0 Å². The topological polar surface area (TPSA) is 92.4 Å². The van der Waals surface area contributed by atoms with Crippen LogP contribution in [0.15, 0.2) is 0 Å². The van der Waals surface area contributed by atoms with Crippen LogP contribution >= 0.6 is 11.3 Å². The summed E-state index contributed by atoms with van der Waals surface area (Å²) in [6.07, 6.45) is 4.60. The molecule has 3 rings (SSSR count). The Kier molecular flexibility index (Phi) is 3.90. The van der Waals surface area contributed by atoms with Crippen LogP contribution in [0.5, 0.6) is 0 Å². The van der Waals surface area contributed by atoms with Gasteiger partial charge in [-0.05, 0) is 19.8 Å². The monoisotopic (exact) mass is 309 g/mol. The Balaban J connectivity index is 1.49. The van der Waals surface area contributed by atoms with Crippen molar-refractivity contribution in [3.63, 3.8) is 0 Å². The quantitative estimate of drug-likeness (QED) is 0.854. The predicted octanol–water partition coefficient (Wildman–Crippen LogP) is 0.848. The van der Waals surface area contributed by atoms with Crippen LogP contribution in [-0.2, 0) is 11.2 Å². The van der Waals surface area contributed by atoms with E-state index in [4.69, 9.17) is 0 Å². The van der Waals surface area contributed by atoms with Crippen molar-refractivity contribution in [1.29, 1.82) is 0 Å². The number of amides is 1. The Bertz CT molecular complexity index is 644. The van der Waals surface area contributed by atoms with Gasteiger partial charge in [-0.15, -0.1) is 10.2 Å². The molecule has 1 amide bonds. The van der Waals surface area contributed by atoms with E-state index in [1.807, 2.05) is 6.92 Å². The molecule has 21 heavy (non-hydrogen) atoms. The van der Waals surface area contributed by atoms with E-state index >= 15 is 0 Å². The first kappa shape index (κ1) is 14.4. The van der Waals surface area contributed by atoms with Crippen LogP contribution in [0.25, 0.3) is 4.96 Å². The molecular weight excluding hydrogens is 290 g/mol. The number of hydrogen-bond donors (Lipinski definition) is 2. The standard InChI is InChI=1S/C13H19N5O2S/c1-9-15-16-12-18(9)17-11(21-12)5-4-10(19)14-8-13(20)6-2-3-7-13/h20H,2-8H2,1H3,(H,14,19). The van der Waals surface area contributed by atoms with Gasteiger partial charge in [-0.3, -0.25) is 4.79 Å². The van der Waals surface area contributed by atoms with Crippen LogP contribution in [0.2, 0.25) is 0 Å². The zero-order valence-electron chi connectivity index (χ0n) is 12.0. The van der Waals surface area contributed by atoms with Crippen molar-refractivity contribution < 1.29 is 9.90 Å². The minimum atomic E-state index is -0.694. The molecule has 0 saturated heterocycles. The van der Waals surface area contributed by atoms with Gasteiger partial charge < -0.3 is 10.4 Å². The zero-order valence-corrected chi connectivity index (χ0v) is 12.8. The van der Waals surface area contributed by atoms with Crippen LogP contribution in [-0.4, -0.2) is 43.0 Å². The van der Waals surface area contributed by atoms with E-state index in [0.717, 1.165) is 41.5 Å². The average molecular weight is 309 g/mol. The van der Waals surface area contributed by atoms with E-state index in [-0.39, 0.29) is 5.91 Å². The summed E-state index contributed by atoms with van der Waals surface area (Å²) in [4.78, 5) is 12.6. The summed E-state index contributed by atoms with van der Waals surface area (Å²) in [5.74, 6) is 0.707. The van der Waals surface area contributed by atoms with Crippen LogP contribution < -0.4 is 5.32 Å². The highest BCUT2D eigenvalue weighted by Gasteiger charge is 2.31. The predicted molar refractivity (Wildman–Crippen MR) is 78.1 cm³/mol. The van der Waals surface area contributed by atoms with E-state index in [0.29, 0.717) is 19.4 Å². The van der Waals surface area contributed by atoms with Crippen LogP contribution in [0.3, 0.4) is 0 Å². The van der Waals surface area contributed by atoms with E-state index in [9.17, 15) is 9.90 Å². The molecule has 2 heterocycles. The number of hydrogen-bond acceptors (Lipinski definition) is 6. The fourth-order valence-corrected chi connectivity index (χ4v) is 3.52. The fourth-order valence-electron chi connectivity index (χ4n) is 2.64. The Morgan fingerprint density at radius 1 is 1.43 bits per heavy atom. The van der Waals surface area contributed by atoms with Gasteiger partial charge in [0.2, 0.25) is 10.9 Å². The highest BCUT2D eigenvalue weighted by molar-refractivity contribution is 7.16. The molecular formula is C13H19N5O2S. The lowest BCUT2D eigenvalue weighted by atomic mass is 10.0. The summed E-state index contributed by atoms with van der Waals surface area (Å²) in [5, 5.41) is 26.2. The maximum absolute atomic E-state index is 11.9. The minimum absolute atomic E-state index is 0.0435. The largest absolute Gasteiger partial charge is 0.388 e. The normalized spacial score (nSPS) is 17.4. The number of aromatic nitrogens is 4. The van der Waals surface area contributed by atoms with Gasteiger partial charge in [0.05, 0.1) is 5.60 Å². The highest BCUT2D eigenvalue weighted by atomic mass is 32.1. The fraction of sp³-hybridized carbons (Fsp3) is 0.692. The molecule has 0 atom stereocenters. The maximum atomic E-state index is 11.9. The Labute approximate surface area is 126 Å². The lowest BCUT2D eigenvalue weighted by Crippen LogP contribution is -2.40. The first-order valence-electron chi connectivity index (χ1n) is 7.23. The summed E-state index contributed by atoms with van der Waals surface area (Å²) in [6.45, 7) is 2.20. The lowest BCUT2D eigenvalue weighted by Gasteiger charge is -2.22. The van der Waals surface area contributed by atoms with Crippen LogP contribution in [0.4, 0.5) is 0 Å². The Morgan fingerprint density at radius 3 is 2.90 bits per heavy atom. The lowest BCUT2D eigenvalue weighted by molar-refractivity contribution is -0.122. The highest BCUT2D eigenvalue weighted by Crippen LogP contribution is 2.28. The molecule has 0 aliphatic heterocycles. The summed E-state index contributed by atoms with van der Waals surface area (Å²) < 4.78 is 1.69. The first-order chi connectivity index (χ1) is 10.1. The number of nitrogens with zero attached hydrogens (tertiary/aromatic N) is 4. The molecule has 0 radical (unpaired) electrons. The van der Waals surface area contributed by atoms with E-state index < -0.39 is 5.60 Å². The molecule has 0 spiro atoms. The minimum Gasteiger partial charge on any atom is -0.388 e. The molecule has 0 aromatic carbocycles. The van der Waals surface area contributed by atoms with Crippen molar-refractivity contribution in [3.05, 3.63) is 10.8 Å². The summed E-state index contributed by atoms with van der Waals surface area (Å²) in [6, 6.07) is 0. The molecule has 2 N–H and O–H groups in total.